The number of nitrogen functional groups attached to an aromatic ring is 1. The Hall–Kier alpha value is -3.08. The Labute approximate surface area is 125 Å². The Balaban J connectivity index is 2.18. The summed E-state index contributed by atoms with van der Waals surface area (Å²) in [7, 11) is 0. The SMILES string of the molecule is Cc1oc2nc(N)[nH]c(=O)c2c1-c1cccc2ccccc12. The number of aryl methyl sites for hydroxylation is 1. The second-order valence-electron chi connectivity index (χ2n) is 5.19. The molecule has 2 heterocycles. The molecule has 4 aromatic rings. The van der Waals surface area contributed by atoms with Crippen LogP contribution in [0.3, 0.4) is 0 Å². The number of hydrogen-bond acceptors (Lipinski definition) is 4. The number of rotatable bonds is 1. The predicted octanol–water partition coefficient (Wildman–Crippen LogP) is 3.23. The molecule has 5 nitrogen and oxygen atoms in total. The molecule has 0 aliphatic heterocycles. The van der Waals surface area contributed by atoms with E-state index < -0.39 is 0 Å². The number of furan rings is 1. The van der Waals surface area contributed by atoms with Gasteiger partial charge in [0.1, 0.15) is 11.1 Å². The fourth-order valence-corrected chi connectivity index (χ4v) is 2.90. The zero-order chi connectivity index (χ0) is 15.3. The van der Waals surface area contributed by atoms with Crippen LogP contribution in [0.1, 0.15) is 5.76 Å². The van der Waals surface area contributed by atoms with Gasteiger partial charge >= 0.3 is 0 Å². The van der Waals surface area contributed by atoms with Crippen molar-refractivity contribution in [1.29, 1.82) is 0 Å². The Morgan fingerprint density at radius 2 is 1.91 bits per heavy atom. The Kier molecular flexibility index (Phi) is 2.56. The van der Waals surface area contributed by atoms with Crippen molar-refractivity contribution in [1.82, 2.24) is 9.97 Å². The second-order valence-corrected chi connectivity index (χ2v) is 5.19. The molecule has 22 heavy (non-hydrogen) atoms. The number of nitrogens with zero attached hydrogens (tertiary/aromatic N) is 1. The zero-order valence-corrected chi connectivity index (χ0v) is 11.9. The van der Waals surface area contributed by atoms with Crippen LogP contribution in [-0.4, -0.2) is 9.97 Å². The third-order valence-corrected chi connectivity index (χ3v) is 3.82. The highest BCUT2D eigenvalue weighted by molar-refractivity contribution is 6.04. The number of aromatic amines is 1. The summed E-state index contributed by atoms with van der Waals surface area (Å²) < 4.78 is 5.65. The summed E-state index contributed by atoms with van der Waals surface area (Å²) in [5.74, 6) is 0.700. The van der Waals surface area contributed by atoms with E-state index in [1.807, 2.05) is 49.4 Å². The minimum absolute atomic E-state index is 0.0516. The van der Waals surface area contributed by atoms with Gasteiger partial charge in [-0.3, -0.25) is 9.78 Å². The van der Waals surface area contributed by atoms with Crippen molar-refractivity contribution in [3.8, 4) is 11.1 Å². The third kappa shape index (κ3) is 1.72. The van der Waals surface area contributed by atoms with Gasteiger partial charge in [-0.1, -0.05) is 42.5 Å². The average Bonchev–Trinajstić information content (AvgIpc) is 2.82. The van der Waals surface area contributed by atoms with Crippen molar-refractivity contribution < 1.29 is 4.42 Å². The van der Waals surface area contributed by atoms with Crippen LogP contribution < -0.4 is 11.3 Å². The maximum Gasteiger partial charge on any atom is 0.264 e. The number of nitrogens with one attached hydrogen (secondary N) is 1. The van der Waals surface area contributed by atoms with E-state index in [2.05, 4.69) is 9.97 Å². The molecule has 0 atom stereocenters. The van der Waals surface area contributed by atoms with Crippen molar-refractivity contribution in [2.24, 2.45) is 0 Å². The molecule has 0 saturated carbocycles. The van der Waals surface area contributed by atoms with E-state index in [1.165, 1.54) is 0 Å². The molecule has 0 aliphatic rings. The molecule has 0 amide bonds. The number of anilines is 1. The molecule has 0 saturated heterocycles. The van der Waals surface area contributed by atoms with Gasteiger partial charge in [0.15, 0.2) is 0 Å². The number of fused-ring (bicyclic) bond motifs is 2. The lowest BCUT2D eigenvalue weighted by Crippen LogP contribution is -2.10. The van der Waals surface area contributed by atoms with Crippen LogP contribution in [0.25, 0.3) is 33.0 Å². The van der Waals surface area contributed by atoms with Gasteiger partial charge in [-0.05, 0) is 23.3 Å². The van der Waals surface area contributed by atoms with Crippen molar-refractivity contribution in [3.05, 3.63) is 58.6 Å². The molecule has 0 spiro atoms. The summed E-state index contributed by atoms with van der Waals surface area (Å²) in [6.07, 6.45) is 0. The highest BCUT2D eigenvalue weighted by atomic mass is 16.3. The minimum Gasteiger partial charge on any atom is -0.442 e. The Morgan fingerprint density at radius 1 is 1.14 bits per heavy atom. The van der Waals surface area contributed by atoms with E-state index >= 15 is 0 Å². The van der Waals surface area contributed by atoms with Crippen molar-refractivity contribution >= 4 is 27.8 Å². The highest BCUT2D eigenvalue weighted by Gasteiger charge is 2.19. The molecule has 2 aromatic heterocycles. The van der Waals surface area contributed by atoms with E-state index in [4.69, 9.17) is 10.2 Å². The van der Waals surface area contributed by atoms with E-state index in [1.54, 1.807) is 0 Å². The molecule has 0 bridgehead atoms. The van der Waals surface area contributed by atoms with Gasteiger partial charge in [0, 0.05) is 5.56 Å². The molecule has 0 aliphatic carbocycles. The zero-order valence-electron chi connectivity index (χ0n) is 11.9. The van der Waals surface area contributed by atoms with Crippen LogP contribution in [0.15, 0.2) is 51.7 Å². The van der Waals surface area contributed by atoms with Gasteiger partial charge in [0.2, 0.25) is 11.7 Å². The third-order valence-electron chi connectivity index (χ3n) is 3.82. The lowest BCUT2D eigenvalue weighted by Gasteiger charge is -2.05. The topological polar surface area (TPSA) is 84.9 Å². The molecular formula is C17H13N3O2. The first kappa shape index (κ1) is 12.6. The average molecular weight is 291 g/mol. The van der Waals surface area contributed by atoms with Gasteiger partial charge in [0.25, 0.3) is 5.56 Å². The molecule has 2 aromatic carbocycles. The van der Waals surface area contributed by atoms with Gasteiger partial charge in [-0.15, -0.1) is 0 Å². The Bertz CT molecular complexity index is 1070. The molecule has 0 fully saturated rings. The monoisotopic (exact) mass is 291 g/mol. The van der Waals surface area contributed by atoms with E-state index in [9.17, 15) is 4.79 Å². The van der Waals surface area contributed by atoms with Crippen molar-refractivity contribution in [2.45, 2.75) is 6.92 Å². The lowest BCUT2D eigenvalue weighted by atomic mass is 9.97. The number of H-pyrrole nitrogens is 1. The van der Waals surface area contributed by atoms with Crippen LogP contribution in [0.2, 0.25) is 0 Å². The summed E-state index contributed by atoms with van der Waals surface area (Å²) in [5.41, 5.74) is 7.28. The number of nitrogens with two attached hydrogens (primary N) is 1. The van der Waals surface area contributed by atoms with Gasteiger partial charge in [-0.25, -0.2) is 0 Å². The fourth-order valence-electron chi connectivity index (χ4n) is 2.90. The first-order chi connectivity index (χ1) is 10.6. The molecule has 0 unspecified atom stereocenters. The number of aromatic nitrogens is 2. The molecule has 108 valence electrons. The number of benzene rings is 2. The van der Waals surface area contributed by atoms with Crippen LogP contribution in [-0.2, 0) is 0 Å². The smallest absolute Gasteiger partial charge is 0.264 e. The summed E-state index contributed by atoms with van der Waals surface area (Å²) in [6, 6.07) is 14.0. The van der Waals surface area contributed by atoms with Crippen molar-refractivity contribution in [2.75, 3.05) is 5.73 Å². The summed E-state index contributed by atoms with van der Waals surface area (Å²) >= 11 is 0. The van der Waals surface area contributed by atoms with Crippen molar-refractivity contribution in [3.63, 3.8) is 0 Å². The fraction of sp³-hybridized carbons (Fsp3) is 0.0588. The Morgan fingerprint density at radius 3 is 2.77 bits per heavy atom. The van der Waals surface area contributed by atoms with Gasteiger partial charge in [-0.2, -0.15) is 4.98 Å². The van der Waals surface area contributed by atoms with Gasteiger partial charge in [0.05, 0.1) is 0 Å². The largest absolute Gasteiger partial charge is 0.442 e. The normalized spacial score (nSPS) is 11.3. The maximum atomic E-state index is 12.3. The first-order valence-electron chi connectivity index (χ1n) is 6.92. The van der Waals surface area contributed by atoms with Gasteiger partial charge < -0.3 is 10.2 Å². The van der Waals surface area contributed by atoms with E-state index in [-0.39, 0.29) is 17.2 Å². The molecule has 3 N–H and O–H groups in total. The molecule has 4 rings (SSSR count). The number of hydrogen-bond donors (Lipinski definition) is 2. The maximum absolute atomic E-state index is 12.3. The highest BCUT2D eigenvalue weighted by Crippen LogP contribution is 2.36. The van der Waals surface area contributed by atoms with E-state index in [0.717, 1.165) is 21.9 Å². The summed E-state index contributed by atoms with van der Waals surface area (Å²) in [4.78, 5) is 18.9. The van der Waals surface area contributed by atoms with Crippen LogP contribution >= 0.6 is 0 Å². The first-order valence-corrected chi connectivity index (χ1v) is 6.92. The van der Waals surface area contributed by atoms with E-state index in [0.29, 0.717) is 11.1 Å². The lowest BCUT2D eigenvalue weighted by molar-refractivity contribution is 0.569. The van der Waals surface area contributed by atoms with Crippen LogP contribution in [0.4, 0.5) is 5.95 Å². The second kappa shape index (κ2) is 4.46. The molecule has 5 heteroatoms. The van der Waals surface area contributed by atoms with Crippen LogP contribution in [0.5, 0.6) is 0 Å². The molecular weight excluding hydrogens is 278 g/mol. The summed E-state index contributed by atoms with van der Waals surface area (Å²) in [6.45, 7) is 1.83. The van der Waals surface area contributed by atoms with Crippen LogP contribution in [0, 0.1) is 6.92 Å². The molecule has 0 radical (unpaired) electrons. The minimum atomic E-state index is -0.290. The predicted molar refractivity (Wildman–Crippen MR) is 86.7 cm³/mol. The summed E-state index contributed by atoms with van der Waals surface area (Å²) in [5, 5.41) is 2.60. The standard InChI is InChI=1S/C17H13N3O2/c1-9-13(14-15(21)19-17(18)20-16(14)22-9)12-8-4-6-10-5-2-3-7-11(10)12/h2-8H,1H3,(H3,18,19,20,21). The quantitative estimate of drug-likeness (QED) is 0.564.